The maximum Gasteiger partial charge on any atom is 0.243 e. The predicted molar refractivity (Wildman–Crippen MR) is 469 cm³/mol. The number of nitrogens with two attached hydrogens (primary N) is 8. The highest BCUT2D eigenvalue weighted by Crippen LogP contribution is 2.21. The van der Waals surface area contributed by atoms with Gasteiger partial charge >= 0.3 is 0 Å². The number of fused-ring (bicyclic) bond motifs is 1. The van der Waals surface area contributed by atoms with Crippen molar-refractivity contribution in [1.29, 1.82) is 0 Å². The summed E-state index contributed by atoms with van der Waals surface area (Å²) in [5.41, 5.74) is 48.0. The van der Waals surface area contributed by atoms with E-state index in [4.69, 9.17) is 45.9 Å². The molecular weight excluding hydrogens is 1590 g/mol. The van der Waals surface area contributed by atoms with E-state index in [1.54, 1.807) is 78.1 Å². The van der Waals surface area contributed by atoms with Crippen molar-refractivity contribution >= 4 is 105 Å². The van der Waals surface area contributed by atoms with E-state index in [9.17, 15) is 71.9 Å². The number of nitrogens with one attached hydrogen (secondary N) is 15. The summed E-state index contributed by atoms with van der Waals surface area (Å²) in [4.78, 5) is 218. The van der Waals surface area contributed by atoms with Gasteiger partial charge in [-0.2, -0.15) is 0 Å². The number of unbranched alkanes of at least 4 members (excludes halogenated alkanes) is 4. The van der Waals surface area contributed by atoms with Crippen LogP contribution in [0.25, 0.3) is 10.9 Å². The highest BCUT2D eigenvalue weighted by Gasteiger charge is 2.38. The number of hydrogen-bond acceptors (Lipinski definition) is 21. The minimum absolute atomic E-state index is 0.00313. The van der Waals surface area contributed by atoms with Crippen molar-refractivity contribution in [2.75, 3.05) is 52.4 Å². The number of para-hydroxylation sites is 1. The lowest BCUT2D eigenvalue weighted by Gasteiger charge is -2.30. The number of nitrogens with zero attached hydrogens (tertiary/aromatic N) is 1. The molecule has 2 aromatic carbocycles. The lowest BCUT2D eigenvalue weighted by Crippen LogP contribution is -2.61. The molecule has 31 N–H and O–H groups in total. The molecule has 3 rings (SSSR count). The van der Waals surface area contributed by atoms with E-state index in [0.29, 0.717) is 68.9 Å². The number of carbonyl (C=O) groups excluding carboxylic acids is 15. The van der Waals surface area contributed by atoms with Gasteiger partial charge in [-0.25, -0.2) is 0 Å². The standard InChI is InChI=1S/C84H142N24O15/c1-11-52(10)71(81(121)96-47-67(110)97-58(34-25-39-93-84(91)92)75(115)106-70(51(8)9)83(123)105-63(41-49(4)5)78(118)103-60(32-19-23-37-87)76(116)107-69(50(6)7)82(122)104-62(72(90)112)40-48(2)3)108-77(117)61(33-20-24-38-88)101-74(114)59(31-18-22-36-86)102-79(119)64(42-53-26-13-12-14-27-53)99-68(111)46-95-73(113)57(30-17-21-35-85)100-80(120)65(98-66(109)44-89)43-54-45-94-56-29-16-15-28-55(54)56/h12-16,26-29,45,48-52,57-65,69-71,94H,11,17-25,30-44,46-47,85-89H2,1-10H3,(H2,90,112)(H,95,113)(H,96,121)(H,97,110)(H,98,109)(H,99,111)(H,100,120)(H,101,114)(H,102,119)(H,103,118)(H,104,122)(H,105,123)(H,106,115)(H,107,116)(H,108,117)(H4,91,92,93)/t52-,57-,58-,59-,60-,61-,62-,63-,64-,65-,69-,70-,71-/m0/s1. The van der Waals surface area contributed by atoms with Crippen LogP contribution in [0, 0.1) is 29.6 Å². The average Bonchev–Trinajstić information content (AvgIpc) is 1.70. The zero-order chi connectivity index (χ0) is 91.8. The number of H-pyrrole nitrogens is 1. The van der Waals surface area contributed by atoms with E-state index in [1.807, 2.05) is 52.0 Å². The van der Waals surface area contributed by atoms with Crippen LogP contribution in [0.3, 0.4) is 0 Å². The van der Waals surface area contributed by atoms with Crippen LogP contribution in [0.4, 0.5) is 0 Å². The number of hydrogen-bond donors (Lipinski definition) is 23. The van der Waals surface area contributed by atoms with Crippen LogP contribution in [-0.2, 0) is 84.8 Å². The second-order valence-corrected chi connectivity index (χ2v) is 32.7. The van der Waals surface area contributed by atoms with Crippen LogP contribution in [-0.4, -0.2) is 224 Å². The Morgan fingerprint density at radius 2 is 0.732 bits per heavy atom. The number of primary amides is 1. The minimum atomic E-state index is -1.39. The van der Waals surface area contributed by atoms with Crippen LogP contribution in [0.15, 0.2) is 65.8 Å². The monoisotopic (exact) mass is 1730 g/mol. The lowest BCUT2D eigenvalue weighted by molar-refractivity contribution is -0.136. The maximum absolute atomic E-state index is 14.7. The Labute approximate surface area is 722 Å². The third-order valence-electron chi connectivity index (χ3n) is 20.6. The molecule has 1 heterocycles. The van der Waals surface area contributed by atoms with E-state index < -0.39 is 198 Å². The van der Waals surface area contributed by atoms with Gasteiger partial charge in [-0.05, 0) is 176 Å². The fourth-order valence-corrected chi connectivity index (χ4v) is 13.5. The lowest BCUT2D eigenvalue weighted by atomic mass is 9.97. The number of guanidine groups is 1. The van der Waals surface area contributed by atoms with Crippen molar-refractivity contribution in [3.8, 4) is 0 Å². The molecule has 688 valence electrons. The van der Waals surface area contributed by atoms with Gasteiger partial charge in [0.2, 0.25) is 88.6 Å². The Hall–Kier alpha value is -10.9. The van der Waals surface area contributed by atoms with Crippen molar-refractivity contribution in [3.05, 3.63) is 71.9 Å². The largest absolute Gasteiger partial charge is 0.370 e. The third kappa shape index (κ3) is 39.9. The topological polar surface area (TPSA) is 661 Å². The number of aliphatic imine (C=N–C) groups is 1. The molecule has 0 saturated heterocycles. The number of benzene rings is 2. The summed E-state index contributed by atoms with van der Waals surface area (Å²) in [5, 5.41) is 38.6. The van der Waals surface area contributed by atoms with Gasteiger partial charge in [-0.1, -0.05) is 124 Å². The van der Waals surface area contributed by atoms with Crippen molar-refractivity contribution in [2.45, 2.75) is 264 Å². The van der Waals surface area contributed by atoms with Crippen molar-refractivity contribution in [2.24, 2.45) is 80.5 Å². The normalized spacial score (nSPS) is 14.5. The number of aromatic nitrogens is 1. The number of rotatable bonds is 61. The van der Waals surface area contributed by atoms with Gasteiger partial charge in [0.15, 0.2) is 5.96 Å². The Morgan fingerprint density at radius 3 is 1.17 bits per heavy atom. The molecule has 39 heteroatoms. The van der Waals surface area contributed by atoms with Crippen molar-refractivity contribution in [3.63, 3.8) is 0 Å². The summed E-state index contributed by atoms with van der Waals surface area (Å²) >= 11 is 0. The fourth-order valence-electron chi connectivity index (χ4n) is 13.5. The molecule has 0 aliphatic carbocycles. The van der Waals surface area contributed by atoms with Crippen LogP contribution in [0.1, 0.15) is 190 Å². The van der Waals surface area contributed by atoms with E-state index in [0.717, 1.165) is 10.9 Å². The smallest absolute Gasteiger partial charge is 0.243 e. The summed E-state index contributed by atoms with van der Waals surface area (Å²) in [5.74, 6) is -13.7. The van der Waals surface area contributed by atoms with Gasteiger partial charge in [-0.15, -0.1) is 0 Å². The Morgan fingerprint density at radius 1 is 0.366 bits per heavy atom. The first-order valence-electron chi connectivity index (χ1n) is 43.0. The molecule has 0 fully saturated rings. The van der Waals surface area contributed by atoms with E-state index in [1.165, 1.54) is 0 Å². The number of amides is 15. The third-order valence-corrected chi connectivity index (χ3v) is 20.6. The molecule has 3 aromatic rings. The van der Waals surface area contributed by atoms with Crippen LogP contribution < -0.4 is 120 Å². The van der Waals surface area contributed by atoms with Gasteiger partial charge < -0.3 is 125 Å². The van der Waals surface area contributed by atoms with Gasteiger partial charge in [0.1, 0.15) is 72.5 Å². The molecule has 0 radical (unpaired) electrons. The first-order chi connectivity index (χ1) is 58.4. The summed E-state index contributed by atoms with van der Waals surface area (Å²) in [7, 11) is 0. The van der Waals surface area contributed by atoms with Crippen LogP contribution in [0.2, 0.25) is 0 Å². The molecule has 1 aromatic heterocycles. The maximum atomic E-state index is 14.7. The predicted octanol–water partition coefficient (Wildman–Crippen LogP) is -2.53. The highest BCUT2D eigenvalue weighted by molar-refractivity contribution is 6.00. The summed E-state index contributed by atoms with van der Waals surface area (Å²) in [6.45, 7) is 16.6. The van der Waals surface area contributed by atoms with Crippen molar-refractivity contribution < 1.29 is 71.9 Å². The number of carbonyl (C=O) groups is 15. The minimum Gasteiger partial charge on any atom is -0.370 e. The molecule has 123 heavy (non-hydrogen) atoms. The molecule has 15 amide bonds. The van der Waals surface area contributed by atoms with Gasteiger partial charge in [0, 0.05) is 36.5 Å². The summed E-state index contributed by atoms with van der Waals surface area (Å²) in [6.07, 6.45) is 5.70. The Bertz CT molecular complexity index is 3900. The highest BCUT2D eigenvalue weighted by atomic mass is 16.2. The van der Waals surface area contributed by atoms with Gasteiger partial charge in [0.05, 0.1) is 19.6 Å². The fraction of sp³-hybridized carbons (Fsp3) is 0.643. The van der Waals surface area contributed by atoms with E-state index in [-0.39, 0.29) is 115 Å². The first-order valence-corrected chi connectivity index (χ1v) is 43.0. The van der Waals surface area contributed by atoms with Crippen LogP contribution >= 0.6 is 0 Å². The van der Waals surface area contributed by atoms with Gasteiger partial charge in [-0.3, -0.25) is 76.9 Å². The SMILES string of the molecule is CC[C@H](C)[C@H](NC(=O)[C@H](CCCCN)NC(=O)[C@H](CCCCN)NC(=O)[C@H](Cc1ccccc1)NC(=O)CNC(=O)[C@H](CCCCN)NC(=O)[C@H](Cc1c[nH]c2ccccc12)NC(=O)CN)C(=O)NCC(=O)N[C@@H](CCCN=C(N)N)C(=O)N[C@H](C(=O)N[C@@H](CC(C)C)C(=O)N[C@@H](CCCCN)C(=O)N[C@H](C(=O)N[C@@H](CC(C)C)C(N)=O)C(C)C)C(C)C. The molecule has 39 nitrogen and oxygen atoms in total. The molecule has 0 aliphatic heterocycles. The average molecular weight is 1730 g/mol. The zero-order valence-electron chi connectivity index (χ0n) is 73.4. The molecular formula is C84H142N24O15. The van der Waals surface area contributed by atoms with Crippen LogP contribution in [0.5, 0.6) is 0 Å². The first kappa shape index (κ1) is 106. The summed E-state index contributed by atoms with van der Waals surface area (Å²) < 4.78 is 0. The molecule has 0 saturated carbocycles. The Balaban J connectivity index is 1.88. The molecule has 13 atom stereocenters. The zero-order valence-corrected chi connectivity index (χ0v) is 73.4. The molecule has 0 spiro atoms. The van der Waals surface area contributed by atoms with Gasteiger partial charge in [0.25, 0.3) is 0 Å². The van der Waals surface area contributed by atoms with E-state index >= 15 is 0 Å². The molecule has 0 unspecified atom stereocenters. The second-order valence-electron chi connectivity index (χ2n) is 32.7. The Kier molecular flexibility index (Phi) is 49.6. The van der Waals surface area contributed by atoms with E-state index in [2.05, 4.69) is 84.4 Å². The molecule has 0 aliphatic rings. The summed E-state index contributed by atoms with van der Waals surface area (Å²) in [6, 6.07) is 0.869. The molecule has 0 bridgehead atoms. The number of aromatic amines is 1. The second kappa shape index (κ2) is 57.5. The van der Waals surface area contributed by atoms with Crippen molar-refractivity contribution in [1.82, 2.24) is 79.4 Å². The quantitative estimate of drug-likeness (QED) is 0.0157.